The highest BCUT2D eigenvalue weighted by Crippen LogP contribution is 2.00. The molecule has 0 aromatic carbocycles. The van der Waals surface area contributed by atoms with Gasteiger partial charge in [-0.05, 0) is 25.6 Å². The Hall–Kier alpha value is -1.68. The average molecular weight is 234 g/mol. The fourth-order valence-electron chi connectivity index (χ4n) is 1.39. The average Bonchev–Trinajstić information content (AvgIpc) is 2.30. The zero-order chi connectivity index (χ0) is 12.5. The molecule has 1 aromatic heterocycles. The van der Waals surface area contributed by atoms with Crippen molar-refractivity contribution < 1.29 is 9.53 Å². The zero-order valence-electron chi connectivity index (χ0n) is 10.3. The number of esters is 1. The molecule has 0 spiro atoms. The van der Waals surface area contributed by atoms with Gasteiger partial charge in [-0.15, -0.1) is 0 Å². The van der Waals surface area contributed by atoms with Crippen LogP contribution in [0.3, 0.4) is 0 Å². The molecule has 1 rings (SSSR count). The summed E-state index contributed by atoms with van der Waals surface area (Å²) in [6.45, 7) is 3.71. The Kier molecular flexibility index (Phi) is 5.96. The van der Waals surface area contributed by atoms with Crippen LogP contribution in [0.25, 0.3) is 0 Å². The summed E-state index contributed by atoms with van der Waals surface area (Å²) in [7, 11) is 1.99. The van der Waals surface area contributed by atoms with Gasteiger partial charge in [0.25, 0.3) is 0 Å². The highest BCUT2D eigenvalue weighted by atomic mass is 16.5. The minimum absolute atomic E-state index is 0.290. The van der Waals surface area contributed by atoms with Crippen LogP contribution in [-0.4, -0.2) is 36.1 Å². The Morgan fingerprint density at radius 3 is 3.06 bits per heavy atom. The van der Waals surface area contributed by atoms with E-state index in [4.69, 9.17) is 4.74 Å². The largest absolute Gasteiger partial charge is 0.463 e. The van der Waals surface area contributed by atoms with Gasteiger partial charge in [0.1, 0.15) is 0 Å². The van der Waals surface area contributed by atoms with Gasteiger partial charge < -0.3 is 4.74 Å². The van der Waals surface area contributed by atoms with E-state index < -0.39 is 0 Å². The van der Waals surface area contributed by atoms with Crippen LogP contribution < -0.4 is 0 Å². The number of nitrogens with zero attached hydrogens (tertiary/aromatic N) is 2. The van der Waals surface area contributed by atoms with E-state index in [-0.39, 0.29) is 5.97 Å². The Morgan fingerprint density at radius 1 is 1.59 bits per heavy atom. The Balaban J connectivity index is 2.30. The molecule has 0 aliphatic carbocycles. The number of carbonyl (C=O) groups is 1. The van der Waals surface area contributed by atoms with Crippen molar-refractivity contribution in [2.45, 2.75) is 13.5 Å². The van der Waals surface area contributed by atoms with E-state index >= 15 is 0 Å². The molecular weight excluding hydrogens is 216 g/mol. The fourth-order valence-corrected chi connectivity index (χ4v) is 1.39. The second kappa shape index (κ2) is 7.57. The molecule has 0 N–H and O–H groups in total. The molecule has 0 atom stereocenters. The molecule has 0 aliphatic rings. The first kappa shape index (κ1) is 13.4. The predicted molar refractivity (Wildman–Crippen MR) is 66.3 cm³/mol. The van der Waals surface area contributed by atoms with Crippen LogP contribution >= 0.6 is 0 Å². The third-order valence-corrected chi connectivity index (χ3v) is 2.13. The van der Waals surface area contributed by atoms with Gasteiger partial charge in [0.2, 0.25) is 0 Å². The number of rotatable bonds is 6. The number of aromatic nitrogens is 1. The zero-order valence-corrected chi connectivity index (χ0v) is 10.3. The predicted octanol–water partition coefficient (Wildman–Crippen LogP) is 1.63. The van der Waals surface area contributed by atoms with Gasteiger partial charge in [0.05, 0.1) is 6.61 Å². The van der Waals surface area contributed by atoms with Crippen LogP contribution in [0.5, 0.6) is 0 Å². The van der Waals surface area contributed by atoms with E-state index in [1.807, 2.05) is 25.4 Å². The maximum absolute atomic E-state index is 11.0. The van der Waals surface area contributed by atoms with Gasteiger partial charge in [0.15, 0.2) is 0 Å². The summed E-state index contributed by atoms with van der Waals surface area (Å²) in [6.07, 6.45) is 6.85. The normalized spacial score (nSPS) is 11.0. The van der Waals surface area contributed by atoms with Crippen molar-refractivity contribution in [3.63, 3.8) is 0 Å². The first-order chi connectivity index (χ1) is 8.22. The molecule has 0 saturated carbocycles. The van der Waals surface area contributed by atoms with Crippen LogP contribution in [0.15, 0.2) is 36.7 Å². The number of likely N-dealkylation sites (N-methyl/N-ethyl adjacent to an activating group) is 1. The van der Waals surface area contributed by atoms with Crippen molar-refractivity contribution in [3.05, 3.63) is 42.2 Å². The summed E-state index contributed by atoms with van der Waals surface area (Å²) in [4.78, 5) is 17.2. The lowest BCUT2D eigenvalue weighted by Gasteiger charge is -2.13. The SMILES string of the molecule is CCOC(=O)/C=C/CN(C)Cc1cccnc1. The molecule has 4 nitrogen and oxygen atoms in total. The Labute approximate surface area is 102 Å². The van der Waals surface area contributed by atoms with Gasteiger partial charge >= 0.3 is 5.97 Å². The van der Waals surface area contributed by atoms with Crippen molar-refractivity contribution in [2.24, 2.45) is 0 Å². The summed E-state index contributed by atoms with van der Waals surface area (Å²) in [6, 6.07) is 3.94. The highest BCUT2D eigenvalue weighted by molar-refractivity contribution is 5.81. The van der Waals surface area contributed by atoms with Crippen LogP contribution in [0.4, 0.5) is 0 Å². The smallest absolute Gasteiger partial charge is 0.330 e. The first-order valence-corrected chi connectivity index (χ1v) is 5.63. The molecule has 0 radical (unpaired) electrons. The molecular formula is C13H18N2O2. The van der Waals surface area contributed by atoms with E-state index in [9.17, 15) is 4.79 Å². The van der Waals surface area contributed by atoms with Crippen molar-refractivity contribution >= 4 is 5.97 Å². The first-order valence-electron chi connectivity index (χ1n) is 5.63. The van der Waals surface area contributed by atoms with E-state index in [2.05, 4.69) is 9.88 Å². The molecule has 92 valence electrons. The molecule has 0 amide bonds. The summed E-state index contributed by atoms with van der Waals surface area (Å²) in [5.74, 6) is -0.290. The van der Waals surface area contributed by atoms with Gasteiger partial charge in [-0.1, -0.05) is 12.1 Å². The van der Waals surface area contributed by atoms with Crippen LogP contribution in [0.1, 0.15) is 12.5 Å². The molecule has 17 heavy (non-hydrogen) atoms. The second-order valence-electron chi connectivity index (χ2n) is 3.71. The molecule has 0 saturated heterocycles. The molecule has 1 aromatic rings. The lowest BCUT2D eigenvalue weighted by atomic mass is 10.3. The van der Waals surface area contributed by atoms with Crippen molar-refractivity contribution in [3.8, 4) is 0 Å². The standard InChI is InChI=1S/C13H18N2O2/c1-3-17-13(16)7-5-9-15(2)11-12-6-4-8-14-10-12/h4-8,10H,3,9,11H2,1-2H3/b7-5+. The topological polar surface area (TPSA) is 42.4 Å². The quantitative estimate of drug-likeness (QED) is 0.554. The minimum Gasteiger partial charge on any atom is -0.463 e. The van der Waals surface area contributed by atoms with Gasteiger partial charge in [-0.3, -0.25) is 9.88 Å². The van der Waals surface area contributed by atoms with E-state index in [0.717, 1.165) is 12.1 Å². The van der Waals surface area contributed by atoms with Crippen LogP contribution in [-0.2, 0) is 16.1 Å². The maximum atomic E-state index is 11.0. The minimum atomic E-state index is -0.290. The van der Waals surface area contributed by atoms with Gasteiger partial charge in [0, 0.05) is 31.6 Å². The molecule has 0 fully saturated rings. The third kappa shape index (κ3) is 5.82. The van der Waals surface area contributed by atoms with Crippen molar-refractivity contribution in [1.29, 1.82) is 0 Å². The van der Waals surface area contributed by atoms with Crippen LogP contribution in [0.2, 0.25) is 0 Å². The lowest BCUT2D eigenvalue weighted by molar-refractivity contribution is -0.137. The number of hydrogen-bond acceptors (Lipinski definition) is 4. The van der Waals surface area contributed by atoms with E-state index in [1.165, 1.54) is 6.08 Å². The molecule has 0 bridgehead atoms. The maximum Gasteiger partial charge on any atom is 0.330 e. The molecule has 0 aliphatic heterocycles. The number of carbonyl (C=O) groups excluding carboxylic acids is 1. The number of ether oxygens (including phenoxy) is 1. The van der Waals surface area contributed by atoms with E-state index in [0.29, 0.717) is 13.2 Å². The third-order valence-electron chi connectivity index (χ3n) is 2.13. The Morgan fingerprint density at radius 2 is 2.41 bits per heavy atom. The van der Waals surface area contributed by atoms with Crippen molar-refractivity contribution in [1.82, 2.24) is 9.88 Å². The van der Waals surface area contributed by atoms with Crippen LogP contribution in [0, 0.1) is 0 Å². The highest BCUT2D eigenvalue weighted by Gasteiger charge is 1.98. The number of pyridine rings is 1. The summed E-state index contributed by atoms with van der Waals surface area (Å²) >= 11 is 0. The second-order valence-corrected chi connectivity index (χ2v) is 3.71. The number of hydrogen-bond donors (Lipinski definition) is 0. The van der Waals surface area contributed by atoms with Gasteiger partial charge in [-0.2, -0.15) is 0 Å². The lowest BCUT2D eigenvalue weighted by Crippen LogP contribution is -2.18. The molecule has 4 heteroatoms. The summed E-state index contributed by atoms with van der Waals surface area (Å²) in [5, 5.41) is 0. The monoisotopic (exact) mass is 234 g/mol. The van der Waals surface area contributed by atoms with Gasteiger partial charge in [-0.25, -0.2) is 4.79 Å². The van der Waals surface area contributed by atoms with Crippen molar-refractivity contribution in [2.75, 3.05) is 20.2 Å². The summed E-state index contributed by atoms with van der Waals surface area (Å²) in [5.41, 5.74) is 1.15. The molecule has 0 unspecified atom stereocenters. The molecule has 1 heterocycles. The fraction of sp³-hybridized carbons (Fsp3) is 0.385. The summed E-state index contributed by atoms with van der Waals surface area (Å²) < 4.78 is 4.79. The Bertz CT molecular complexity index is 363. The van der Waals surface area contributed by atoms with E-state index in [1.54, 1.807) is 19.2 Å².